The van der Waals surface area contributed by atoms with Crippen molar-refractivity contribution in [3.05, 3.63) is 30.0 Å². The van der Waals surface area contributed by atoms with E-state index in [0.29, 0.717) is 6.04 Å². The molecule has 0 spiro atoms. The van der Waals surface area contributed by atoms with Gasteiger partial charge in [0, 0.05) is 36.9 Å². The van der Waals surface area contributed by atoms with Gasteiger partial charge in [0.15, 0.2) is 0 Å². The summed E-state index contributed by atoms with van der Waals surface area (Å²) in [7, 11) is 0. The van der Waals surface area contributed by atoms with Crippen LogP contribution in [0.5, 0.6) is 0 Å². The van der Waals surface area contributed by atoms with Gasteiger partial charge in [0.1, 0.15) is 5.04 Å². The normalized spacial score (nSPS) is 19.9. The first-order chi connectivity index (χ1) is 10.4. The lowest BCUT2D eigenvalue weighted by Gasteiger charge is -2.24. The first-order valence-corrected chi connectivity index (χ1v) is 8.52. The number of fused-ring (bicyclic) bond motifs is 1. The summed E-state index contributed by atoms with van der Waals surface area (Å²) in [5.74, 6) is 1.10. The van der Waals surface area contributed by atoms with Crippen molar-refractivity contribution in [1.82, 2.24) is 4.98 Å². The third-order valence-corrected chi connectivity index (χ3v) is 5.06. The number of aliphatic imine (C=N–C) groups is 1. The Morgan fingerprint density at radius 3 is 3.00 bits per heavy atom. The Hall–Kier alpha value is -1.46. The maximum atomic E-state index is 5.43. The van der Waals surface area contributed by atoms with E-state index >= 15 is 0 Å². The SMILES string of the molecule is c1cc(NC2CCOCC2)c2[nH]c(C3=NCCS3)cc2c1. The number of anilines is 1. The van der Waals surface area contributed by atoms with Crippen LogP contribution in [0.3, 0.4) is 0 Å². The molecule has 5 heteroatoms. The number of hydrogen-bond acceptors (Lipinski definition) is 4. The highest BCUT2D eigenvalue weighted by Crippen LogP contribution is 2.28. The van der Waals surface area contributed by atoms with Crippen LogP contribution in [0.1, 0.15) is 18.5 Å². The molecule has 0 atom stereocenters. The van der Waals surface area contributed by atoms with Crippen molar-refractivity contribution in [1.29, 1.82) is 0 Å². The number of aromatic amines is 1. The van der Waals surface area contributed by atoms with Crippen molar-refractivity contribution >= 4 is 33.4 Å². The van der Waals surface area contributed by atoms with Gasteiger partial charge in [-0.05, 0) is 25.0 Å². The lowest BCUT2D eigenvalue weighted by molar-refractivity contribution is 0.0905. The van der Waals surface area contributed by atoms with Crippen molar-refractivity contribution in [2.75, 3.05) is 30.8 Å². The lowest BCUT2D eigenvalue weighted by Crippen LogP contribution is -2.27. The Kier molecular flexibility index (Phi) is 3.61. The zero-order chi connectivity index (χ0) is 14.1. The highest BCUT2D eigenvalue weighted by molar-refractivity contribution is 8.14. The van der Waals surface area contributed by atoms with E-state index in [4.69, 9.17) is 4.74 Å². The number of ether oxygens (including phenoxy) is 1. The predicted molar refractivity (Wildman–Crippen MR) is 89.6 cm³/mol. The van der Waals surface area contributed by atoms with Gasteiger partial charge in [0.2, 0.25) is 0 Å². The Labute approximate surface area is 128 Å². The fourth-order valence-electron chi connectivity index (χ4n) is 2.95. The van der Waals surface area contributed by atoms with Crippen LogP contribution in [0, 0.1) is 0 Å². The summed E-state index contributed by atoms with van der Waals surface area (Å²) < 4.78 is 5.43. The number of nitrogens with zero attached hydrogens (tertiary/aromatic N) is 1. The molecule has 1 aromatic carbocycles. The molecule has 0 unspecified atom stereocenters. The molecular weight excluding hydrogens is 282 g/mol. The topological polar surface area (TPSA) is 49.4 Å². The molecular formula is C16H19N3OS. The van der Waals surface area contributed by atoms with Crippen LogP contribution < -0.4 is 5.32 Å². The maximum Gasteiger partial charge on any atom is 0.114 e. The van der Waals surface area contributed by atoms with Crippen LogP contribution in [0.2, 0.25) is 0 Å². The van der Waals surface area contributed by atoms with Gasteiger partial charge in [-0.1, -0.05) is 12.1 Å². The molecule has 1 fully saturated rings. The van der Waals surface area contributed by atoms with Gasteiger partial charge in [0.05, 0.1) is 16.9 Å². The van der Waals surface area contributed by atoms with Gasteiger partial charge < -0.3 is 15.0 Å². The quantitative estimate of drug-likeness (QED) is 0.915. The first-order valence-electron chi connectivity index (χ1n) is 7.54. The number of nitrogens with one attached hydrogen (secondary N) is 2. The molecule has 3 heterocycles. The van der Waals surface area contributed by atoms with Crippen LogP contribution in [0.25, 0.3) is 10.9 Å². The monoisotopic (exact) mass is 301 g/mol. The number of thioether (sulfide) groups is 1. The highest BCUT2D eigenvalue weighted by atomic mass is 32.2. The molecule has 0 amide bonds. The summed E-state index contributed by atoms with van der Waals surface area (Å²) in [5, 5.41) is 6.06. The second-order valence-electron chi connectivity index (χ2n) is 5.52. The van der Waals surface area contributed by atoms with Crippen molar-refractivity contribution in [2.24, 2.45) is 4.99 Å². The molecule has 0 bridgehead atoms. The molecule has 2 aromatic rings. The van der Waals surface area contributed by atoms with E-state index in [9.17, 15) is 0 Å². The molecule has 2 aliphatic heterocycles. The summed E-state index contributed by atoms with van der Waals surface area (Å²) in [6.07, 6.45) is 2.15. The fraction of sp³-hybridized carbons (Fsp3) is 0.438. The molecule has 0 saturated carbocycles. The first kappa shape index (κ1) is 13.2. The highest BCUT2D eigenvalue weighted by Gasteiger charge is 2.17. The summed E-state index contributed by atoms with van der Waals surface area (Å²) in [6, 6.07) is 9.15. The average Bonchev–Trinajstić information content (AvgIpc) is 3.18. The van der Waals surface area contributed by atoms with Gasteiger partial charge in [-0.2, -0.15) is 0 Å². The van der Waals surface area contributed by atoms with E-state index in [-0.39, 0.29) is 0 Å². The molecule has 110 valence electrons. The number of H-pyrrole nitrogens is 1. The van der Waals surface area contributed by atoms with Gasteiger partial charge in [-0.3, -0.25) is 4.99 Å². The molecule has 4 nitrogen and oxygen atoms in total. The van der Waals surface area contributed by atoms with E-state index < -0.39 is 0 Å². The summed E-state index contributed by atoms with van der Waals surface area (Å²) in [4.78, 5) is 8.11. The molecule has 1 saturated heterocycles. The van der Waals surface area contributed by atoms with Gasteiger partial charge in [-0.15, -0.1) is 11.8 Å². The van der Waals surface area contributed by atoms with Gasteiger partial charge in [0.25, 0.3) is 0 Å². The predicted octanol–water partition coefficient (Wildman–Crippen LogP) is 3.25. The molecule has 4 rings (SSSR count). The Morgan fingerprint density at radius 1 is 1.29 bits per heavy atom. The standard InChI is InChI=1S/C16H19N3OS/c1-2-11-10-14(16-17-6-9-21-16)19-15(11)13(3-1)18-12-4-7-20-8-5-12/h1-3,10,12,18-19H,4-9H2. The minimum Gasteiger partial charge on any atom is -0.381 e. The van der Waals surface area contributed by atoms with Crippen molar-refractivity contribution in [3.8, 4) is 0 Å². The smallest absolute Gasteiger partial charge is 0.114 e. The minimum atomic E-state index is 0.509. The van der Waals surface area contributed by atoms with E-state index in [1.165, 1.54) is 16.6 Å². The van der Waals surface area contributed by atoms with Crippen LogP contribution in [-0.4, -0.2) is 41.6 Å². The zero-order valence-electron chi connectivity index (χ0n) is 11.9. The Morgan fingerprint density at radius 2 is 2.19 bits per heavy atom. The van der Waals surface area contributed by atoms with Crippen molar-refractivity contribution in [2.45, 2.75) is 18.9 Å². The van der Waals surface area contributed by atoms with Crippen molar-refractivity contribution < 1.29 is 4.74 Å². The lowest BCUT2D eigenvalue weighted by atomic mass is 10.1. The minimum absolute atomic E-state index is 0.509. The number of para-hydroxylation sites is 1. The molecule has 2 aliphatic rings. The summed E-state index contributed by atoms with van der Waals surface area (Å²) in [5.41, 5.74) is 3.53. The molecule has 0 aliphatic carbocycles. The third kappa shape index (κ3) is 2.68. The third-order valence-electron chi connectivity index (χ3n) is 4.05. The van der Waals surface area contributed by atoms with Crippen LogP contribution in [0.4, 0.5) is 5.69 Å². The van der Waals surface area contributed by atoms with Crippen molar-refractivity contribution in [3.63, 3.8) is 0 Å². The van der Waals surface area contributed by atoms with E-state index in [0.717, 1.165) is 49.1 Å². The molecule has 0 radical (unpaired) electrons. The Bertz CT molecular complexity index is 673. The maximum absolute atomic E-state index is 5.43. The second kappa shape index (κ2) is 5.73. The Balaban J connectivity index is 1.65. The van der Waals surface area contributed by atoms with Crippen LogP contribution in [-0.2, 0) is 4.74 Å². The van der Waals surface area contributed by atoms with E-state index in [1.54, 1.807) is 0 Å². The molecule has 1 aromatic heterocycles. The molecule has 21 heavy (non-hydrogen) atoms. The zero-order valence-corrected chi connectivity index (χ0v) is 12.7. The fourth-order valence-corrected chi connectivity index (χ4v) is 3.78. The number of aromatic nitrogens is 1. The number of benzene rings is 1. The van der Waals surface area contributed by atoms with E-state index in [1.807, 2.05) is 11.8 Å². The average molecular weight is 301 g/mol. The summed E-state index contributed by atoms with van der Waals surface area (Å²) >= 11 is 1.83. The van der Waals surface area contributed by atoms with E-state index in [2.05, 4.69) is 39.6 Å². The summed E-state index contributed by atoms with van der Waals surface area (Å²) in [6.45, 7) is 2.65. The van der Waals surface area contributed by atoms with Crippen LogP contribution in [0.15, 0.2) is 29.3 Å². The number of hydrogen-bond donors (Lipinski definition) is 2. The number of rotatable bonds is 3. The molecule has 2 N–H and O–H groups in total. The van der Waals surface area contributed by atoms with Gasteiger partial charge >= 0.3 is 0 Å². The second-order valence-corrected chi connectivity index (χ2v) is 6.60. The largest absolute Gasteiger partial charge is 0.381 e. The van der Waals surface area contributed by atoms with Crippen LogP contribution >= 0.6 is 11.8 Å². The van der Waals surface area contributed by atoms with Gasteiger partial charge in [-0.25, -0.2) is 0 Å².